The standard InChI is InChI=1S/C16H30N2O/c1-2-14-6-8-15(9-7-14)17-11-10-16(19)18-12-4-3-5-13-18/h14-15,17H,2-13H2,1H3. The van der Waals surface area contributed by atoms with Crippen LogP contribution in [0, 0.1) is 5.92 Å². The zero-order valence-electron chi connectivity index (χ0n) is 12.5. The number of piperidine rings is 1. The van der Waals surface area contributed by atoms with Crippen LogP contribution in [0.3, 0.4) is 0 Å². The molecule has 0 radical (unpaired) electrons. The Bertz CT molecular complexity index is 266. The van der Waals surface area contributed by atoms with E-state index in [2.05, 4.69) is 17.1 Å². The number of hydrogen-bond donors (Lipinski definition) is 1. The minimum Gasteiger partial charge on any atom is -0.343 e. The lowest BCUT2D eigenvalue weighted by Crippen LogP contribution is -2.39. The molecule has 0 unspecified atom stereocenters. The third kappa shape index (κ3) is 4.79. The molecule has 1 saturated carbocycles. The SMILES string of the molecule is CCC1CCC(NCCC(=O)N2CCCCC2)CC1. The van der Waals surface area contributed by atoms with E-state index >= 15 is 0 Å². The molecule has 1 saturated heterocycles. The van der Waals surface area contributed by atoms with Gasteiger partial charge in [-0.05, 0) is 50.9 Å². The van der Waals surface area contributed by atoms with E-state index < -0.39 is 0 Å². The average Bonchev–Trinajstić information content (AvgIpc) is 2.49. The fourth-order valence-corrected chi connectivity index (χ4v) is 3.46. The summed E-state index contributed by atoms with van der Waals surface area (Å²) in [4.78, 5) is 14.1. The van der Waals surface area contributed by atoms with Crippen molar-refractivity contribution in [3.63, 3.8) is 0 Å². The highest BCUT2D eigenvalue weighted by molar-refractivity contribution is 5.76. The number of amides is 1. The third-order valence-corrected chi connectivity index (χ3v) is 4.90. The number of nitrogens with one attached hydrogen (secondary N) is 1. The predicted molar refractivity (Wildman–Crippen MR) is 79.1 cm³/mol. The van der Waals surface area contributed by atoms with Crippen molar-refractivity contribution in [2.24, 2.45) is 5.92 Å². The van der Waals surface area contributed by atoms with Crippen LogP contribution in [0.4, 0.5) is 0 Å². The van der Waals surface area contributed by atoms with E-state index in [4.69, 9.17) is 0 Å². The second kappa shape index (κ2) is 7.88. The van der Waals surface area contributed by atoms with Crippen LogP contribution in [0.1, 0.15) is 64.7 Å². The van der Waals surface area contributed by atoms with Gasteiger partial charge in [0.1, 0.15) is 0 Å². The van der Waals surface area contributed by atoms with E-state index in [0.717, 1.165) is 25.6 Å². The Labute approximate surface area is 118 Å². The first kappa shape index (κ1) is 14.8. The van der Waals surface area contributed by atoms with Crippen molar-refractivity contribution in [2.75, 3.05) is 19.6 Å². The van der Waals surface area contributed by atoms with E-state index in [1.807, 2.05) is 0 Å². The molecule has 1 aliphatic carbocycles. The normalized spacial score (nSPS) is 28.4. The molecule has 2 aliphatic rings. The monoisotopic (exact) mass is 266 g/mol. The zero-order valence-corrected chi connectivity index (χ0v) is 12.5. The molecule has 0 spiro atoms. The molecular formula is C16H30N2O. The molecule has 0 aromatic heterocycles. The predicted octanol–water partition coefficient (Wildman–Crippen LogP) is 2.95. The van der Waals surface area contributed by atoms with Crippen molar-refractivity contribution in [3.05, 3.63) is 0 Å². The first-order chi connectivity index (χ1) is 9.29. The Hall–Kier alpha value is -0.570. The summed E-state index contributed by atoms with van der Waals surface area (Å²) in [5.41, 5.74) is 0. The lowest BCUT2D eigenvalue weighted by Gasteiger charge is -2.29. The summed E-state index contributed by atoms with van der Waals surface area (Å²) >= 11 is 0. The summed E-state index contributed by atoms with van der Waals surface area (Å²) < 4.78 is 0. The van der Waals surface area contributed by atoms with Gasteiger partial charge in [-0.1, -0.05) is 13.3 Å². The van der Waals surface area contributed by atoms with Crippen LogP contribution in [0.2, 0.25) is 0 Å². The van der Waals surface area contributed by atoms with Gasteiger partial charge in [0.15, 0.2) is 0 Å². The maximum Gasteiger partial charge on any atom is 0.223 e. The lowest BCUT2D eigenvalue weighted by atomic mass is 9.84. The van der Waals surface area contributed by atoms with Gasteiger partial charge in [0.2, 0.25) is 5.91 Å². The zero-order chi connectivity index (χ0) is 13.5. The third-order valence-electron chi connectivity index (χ3n) is 4.90. The van der Waals surface area contributed by atoms with Gasteiger partial charge < -0.3 is 10.2 Å². The molecule has 1 N–H and O–H groups in total. The van der Waals surface area contributed by atoms with Crippen molar-refractivity contribution in [1.82, 2.24) is 10.2 Å². The molecule has 1 amide bonds. The quantitative estimate of drug-likeness (QED) is 0.830. The Morgan fingerprint density at radius 2 is 1.79 bits per heavy atom. The van der Waals surface area contributed by atoms with Crippen molar-refractivity contribution in [3.8, 4) is 0 Å². The lowest BCUT2D eigenvalue weighted by molar-refractivity contribution is -0.132. The highest BCUT2D eigenvalue weighted by Gasteiger charge is 2.20. The fraction of sp³-hybridized carbons (Fsp3) is 0.938. The van der Waals surface area contributed by atoms with E-state index in [0.29, 0.717) is 18.4 Å². The van der Waals surface area contributed by atoms with E-state index in [1.165, 1.54) is 51.4 Å². The van der Waals surface area contributed by atoms with Gasteiger partial charge in [0.25, 0.3) is 0 Å². The number of carbonyl (C=O) groups is 1. The molecule has 0 bridgehead atoms. The van der Waals surface area contributed by atoms with Crippen LogP contribution in [0.15, 0.2) is 0 Å². The Kier molecular flexibility index (Phi) is 6.15. The van der Waals surface area contributed by atoms with Gasteiger partial charge in [0.05, 0.1) is 0 Å². The second-order valence-corrected chi connectivity index (χ2v) is 6.27. The van der Waals surface area contributed by atoms with Crippen molar-refractivity contribution in [1.29, 1.82) is 0 Å². The Balaban J connectivity index is 1.57. The molecule has 0 aromatic carbocycles. The molecule has 1 heterocycles. The molecule has 2 rings (SSSR count). The molecule has 0 aromatic rings. The topological polar surface area (TPSA) is 32.3 Å². The summed E-state index contributed by atoms with van der Waals surface area (Å²) in [6, 6.07) is 0.664. The van der Waals surface area contributed by atoms with Gasteiger partial charge in [0, 0.05) is 32.1 Å². The van der Waals surface area contributed by atoms with Crippen LogP contribution in [0.25, 0.3) is 0 Å². The van der Waals surface area contributed by atoms with Gasteiger partial charge in [-0.15, -0.1) is 0 Å². The summed E-state index contributed by atoms with van der Waals surface area (Å²) in [5, 5.41) is 3.59. The number of carbonyl (C=O) groups excluding carboxylic acids is 1. The van der Waals surface area contributed by atoms with E-state index in [-0.39, 0.29) is 0 Å². The first-order valence-electron chi connectivity index (χ1n) is 8.30. The fourth-order valence-electron chi connectivity index (χ4n) is 3.46. The van der Waals surface area contributed by atoms with Crippen molar-refractivity contribution in [2.45, 2.75) is 70.8 Å². The van der Waals surface area contributed by atoms with Gasteiger partial charge in [-0.3, -0.25) is 4.79 Å². The number of rotatable bonds is 5. The molecule has 19 heavy (non-hydrogen) atoms. The van der Waals surface area contributed by atoms with Gasteiger partial charge in [-0.2, -0.15) is 0 Å². The highest BCUT2D eigenvalue weighted by atomic mass is 16.2. The molecule has 1 aliphatic heterocycles. The maximum absolute atomic E-state index is 12.0. The largest absolute Gasteiger partial charge is 0.343 e. The van der Waals surface area contributed by atoms with Crippen LogP contribution in [-0.4, -0.2) is 36.5 Å². The van der Waals surface area contributed by atoms with Crippen molar-refractivity contribution >= 4 is 5.91 Å². The van der Waals surface area contributed by atoms with Crippen molar-refractivity contribution < 1.29 is 4.79 Å². The average molecular weight is 266 g/mol. The van der Waals surface area contributed by atoms with E-state index in [1.54, 1.807) is 0 Å². The smallest absolute Gasteiger partial charge is 0.223 e. The molecule has 3 heteroatoms. The van der Waals surface area contributed by atoms with E-state index in [9.17, 15) is 4.79 Å². The Morgan fingerprint density at radius 3 is 2.42 bits per heavy atom. The molecule has 2 fully saturated rings. The van der Waals surface area contributed by atoms with Gasteiger partial charge in [-0.25, -0.2) is 0 Å². The van der Waals surface area contributed by atoms with Crippen LogP contribution in [-0.2, 0) is 4.79 Å². The maximum atomic E-state index is 12.0. The molecule has 110 valence electrons. The molecular weight excluding hydrogens is 236 g/mol. The number of nitrogens with zero attached hydrogens (tertiary/aromatic N) is 1. The second-order valence-electron chi connectivity index (χ2n) is 6.27. The van der Waals surface area contributed by atoms with Gasteiger partial charge >= 0.3 is 0 Å². The number of likely N-dealkylation sites (tertiary alicyclic amines) is 1. The summed E-state index contributed by atoms with van der Waals surface area (Å²) in [6.45, 7) is 5.15. The highest BCUT2D eigenvalue weighted by Crippen LogP contribution is 2.26. The van der Waals surface area contributed by atoms with Crippen LogP contribution < -0.4 is 5.32 Å². The molecule has 3 nitrogen and oxygen atoms in total. The first-order valence-corrected chi connectivity index (χ1v) is 8.30. The minimum absolute atomic E-state index is 0.356. The van der Waals surface area contributed by atoms with Crippen LogP contribution >= 0.6 is 0 Å². The summed E-state index contributed by atoms with van der Waals surface area (Å²) in [5.74, 6) is 1.31. The summed E-state index contributed by atoms with van der Waals surface area (Å²) in [7, 11) is 0. The minimum atomic E-state index is 0.356. The summed E-state index contributed by atoms with van der Waals surface area (Å²) in [6.07, 6.45) is 11.0. The number of hydrogen-bond acceptors (Lipinski definition) is 2. The van der Waals surface area contributed by atoms with Crippen LogP contribution in [0.5, 0.6) is 0 Å². The Morgan fingerprint density at radius 1 is 1.11 bits per heavy atom. The molecule has 0 atom stereocenters.